The van der Waals surface area contributed by atoms with Crippen molar-refractivity contribution < 1.29 is 37.3 Å². The quantitative estimate of drug-likeness (QED) is 0.723. The van der Waals surface area contributed by atoms with Crippen LogP contribution < -0.4 is 10.5 Å². The van der Waals surface area contributed by atoms with Crippen LogP contribution in [0.5, 0.6) is 5.75 Å². The van der Waals surface area contributed by atoms with Gasteiger partial charge in [0.2, 0.25) is 0 Å². The highest BCUT2D eigenvalue weighted by Gasteiger charge is 2.32. The summed E-state index contributed by atoms with van der Waals surface area (Å²) in [6.07, 6.45) is -5.40. The number of carboxylic acid groups (broad SMARTS) is 1. The summed E-state index contributed by atoms with van der Waals surface area (Å²) >= 11 is 0. The Morgan fingerprint density at radius 1 is 1.14 bits per heavy atom. The van der Waals surface area contributed by atoms with E-state index in [1.54, 1.807) is 20.8 Å². The lowest BCUT2D eigenvalue weighted by Crippen LogP contribution is -2.49. The van der Waals surface area contributed by atoms with E-state index >= 15 is 0 Å². The number of carbonyl (C=O) groups excluding carboxylic acids is 1. The number of nitrogen functional groups attached to an aromatic ring is 1. The molecule has 0 bridgehead atoms. The second-order valence-electron chi connectivity index (χ2n) is 7.64. The van der Waals surface area contributed by atoms with Gasteiger partial charge in [-0.2, -0.15) is 0 Å². The lowest BCUT2D eigenvalue weighted by molar-refractivity contribution is -0.274. The first-order valence-electron chi connectivity index (χ1n) is 8.87. The summed E-state index contributed by atoms with van der Waals surface area (Å²) in [4.78, 5) is 26.8. The molecule has 1 amide bonds. The van der Waals surface area contributed by atoms with E-state index in [4.69, 9.17) is 10.5 Å². The zero-order chi connectivity index (χ0) is 22.0. The van der Waals surface area contributed by atoms with E-state index in [-0.39, 0.29) is 17.8 Å². The molecule has 162 valence electrons. The highest BCUT2D eigenvalue weighted by Crippen LogP contribution is 2.30. The molecular weight excluding hydrogens is 395 g/mol. The minimum atomic E-state index is -4.96. The molecule has 0 atom stereocenters. The molecule has 1 aliphatic rings. The monoisotopic (exact) mass is 419 g/mol. The van der Waals surface area contributed by atoms with Crippen LogP contribution >= 0.6 is 0 Å². The fourth-order valence-corrected chi connectivity index (χ4v) is 2.84. The van der Waals surface area contributed by atoms with Gasteiger partial charge in [-0.25, -0.2) is 9.59 Å². The average molecular weight is 419 g/mol. The standard InChI is InChI=1S/C18H24F3N3O5/c1-17(2,3)29-16(27)24-6-4-23(5-7-24)10-11-8-12(28-18(19,20)21)9-13(14(11)22)15(25)26/h8-9H,4-7,10,22H2,1-3H3,(H,25,26). The van der Waals surface area contributed by atoms with Gasteiger partial charge in [-0.1, -0.05) is 0 Å². The van der Waals surface area contributed by atoms with E-state index in [1.165, 1.54) is 4.90 Å². The summed E-state index contributed by atoms with van der Waals surface area (Å²) in [5.41, 5.74) is 4.85. The number of piperazine rings is 1. The Morgan fingerprint density at radius 2 is 1.72 bits per heavy atom. The van der Waals surface area contributed by atoms with Gasteiger partial charge in [-0.3, -0.25) is 4.90 Å². The topological polar surface area (TPSA) is 105 Å². The van der Waals surface area contributed by atoms with Crippen molar-refractivity contribution in [3.8, 4) is 5.75 Å². The van der Waals surface area contributed by atoms with Gasteiger partial charge in [0.1, 0.15) is 11.4 Å². The molecule has 1 fully saturated rings. The Labute approximate surface area is 166 Å². The molecule has 0 saturated carbocycles. The first-order chi connectivity index (χ1) is 13.2. The number of rotatable bonds is 4. The smallest absolute Gasteiger partial charge is 0.478 e. The van der Waals surface area contributed by atoms with E-state index in [1.807, 2.05) is 4.90 Å². The fourth-order valence-electron chi connectivity index (χ4n) is 2.84. The van der Waals surface area contributed by atoms with Gasteiger partial charge < -0.3 is 25.2 Å². The van der Waals surface area contributed by atoms with Gasteiger partial charge in [-0.15, -0.1) is 13.2 Å². The molecule has 29 heavy (non-hydrogen) atoms. The number of amides is 1. The first kappa shape index (κ1) is 22.6. The number of aromatic carboxylic acids is 1. The lowest BCUT2D eigenvalue weighted by atomic mass is 10.1. The number of ether oxygens (including phenoxy) is 2. The van der Waals surface area contributed by atoms with Crippen LogP contribution in [-0.4, -0.2) is 65.1 Å². The number of anilines is 1. The number of nitrogens with two attached hydrogens (primary N) is 1. The lowest BCUT2D eigenvalue weighted by Gasteiger charge is -2.35. The maximum absolute atomic E-state index is 12.5. The Hall–Kier alpha value is -2.69. The van der Waals surface area contributed by atoms with E-state index in [0.717, 1.165) is 12.1 Å². The summed E-state index contributed by atoms with van der Waals surface area (Å²) in [6, 6.07) is 1.82. The van der Waals surface area contributed by atoms with Crippen LogP contribution in [0.3, 0.4) is 0 Å². The highest BCUT2D eigenvalue weighted by atomic mass is 19.4. The van der Waals surface area contributed by atoms with Gasteiger partial charge in [0.25, 0.3) is 0 Å². The number of hydrogen-bond acceptors (Lipinski definition) is 6. The van der Waals surface area contributed by atoms with Crippen LogP contribution in [-0.2, 0) is 11.3 Å². The third-order valence-electron chi connectivity index (χ3n) is 4.12. The number of carbonyl (C=O) groups is 2. The molecule has 1 aliphatic heterocycles. The largest absolute Gasteiger partial charge is 0.573 e. The number of hydrogen-bond donors (Lipinski definition) is 2. The predicted octanol–water partition coefficient (Wildman–Crippen LogP) is 2.92. The summed E-state index contributed by atoms with van der Waals surface area (Å²) in [5.74, 6) is -2.10. The minimum absolute atomic E-state index is 0.114. The normalized spacial score (nSPS) is 15.9. The summed E-state index contributed by atoms with van der Waals surface area (Å²) < 4.78 is 46.8. The van der Waals surface area contributed by atoms with Crippen LogP contribution in [0.2, 0.25) is 0 Å². The van der Waals surface area contributed by atoms with Crippen molar-refractivity contribution in [2.24, 2.45) is 0 Å². The summed E-state index contributed by atoms with van der Waals surface area (Å²) in [7, 11) is 0. The van der Waals surface area contributed by atoms with Crippen LogP contribution in [0.1, 0.15) is 36.7 Å². The van der Waals surface area contributed by atoms with Crippen molar-refractivity contribution in [3.05, 3.63) is 23.3 Å². The molecule has 8 nitrogen and oxygen atoms in total. The fraction of sp³-hybridized carbons (Fsp3) is 0.556. The van der Waals surface area contributed by atoms with Gasteiger partial charge in [0.05, 0.1) is 11.3 Å². The van der Waals surface area contributed by atoms with Crippen molar-refractivity contribution in [3.63, 3.8) is 0 Å². The maximum Gasteiger partial charge on any atom is 0.573 e. The minimum Gasteiger partial charge on any atom is -0.478 e. The first-order valence-corrected chi connectivity index (χ1v) is 8.87. The van der Waals surface area contributed by atoms with Crippen LogP contribution in [0.15, 0.2) is 12.1 Å². The molecule has 3 N–H and O–H groups in total. The molecule has 1 heterocycles. The van der Waals surface area contributed by atoms with Crippen molar-refractivity contribution in [2.75, 3.05) is 31.9 Å². The second-order valence-corrected chi connectivity index (χ2v) is 7.64. The SMILES string of the molecule is CC(C)(C)OC(=O)N1CCN(Cc2cc(OC(F)(F)F)cc(C(=O)O)c2N)CC1. The van der Waals surface area contributed by atoms with E-state index in [9.17, 15) is 27.9 Å². The second kappa shape index (κ2) is 8.36. The molecule has 0 radical (unpaired) electrons. The van der Waals surface area contributed by atoms with Crippen LogP contribution in [0.25, 0.3) is 0 Å². The Balaban J connectivity index is 2.10. The Kier molecular flexibility index (Phi) is 6.51. The summed E-state index contributed by atoms with van der Waals surface area (Å²) in [5, 5.41) is 9.22. The molecule has 1 aromatic carbocycles. The average Bonchev–Trinajstić information content (AvgIpc) is 2.55. The molecule has 1 aromatic rings. The third-order valence-corrected chi connectivity index (χ3v) is 4.12. The molecule has 0 aromatic heterocycles. The molecule has 0 aliphatic carbocycles. The zero-order valence-corrected chi connectivity index (χ0v) is 16.4. The van der Waals surface area contributed by atoms with E-state index in [2.05, 4.69) is 4.74 Å². The van der Waals surface area contributed by atoms with Gasteiger partial charge in [-0.05, 0) is 38.5 Å². The van der Waals surface area contributed by atoms with Crippen LogP contribution in [0, 0.1) is 0 Å². The maximum atomic E-state index is 12.5. The van der Waals surface area contributed by atoms with Crippen molar-refractivity contribution >= 4 is 17.7 Å². The number of benzene rings is 1. The predicted molar refractivity (Wildman–Crippen MR) is 97.6 cm³/mol. The molecule has 0 spiro atoms. The molecular formula is C18H24F3N3O5. The number of carboxylic acids is 1. The molecule has 1 saturated heterocycles. The Morgan fingerprint density at radius 3 is 2.21 bits per heavy atom. The Bertz CT molecular complexity index is 769. The number of alkyl halides is 3. The van der Waals surface area contributed by atoms with E-state index < -0.39 is 35.3 Å². The van der Waals surface area contributed by atoms with Crippen LogP contribution in [0.4, 0.5) is 23.7 Å². The van der Waals surface area contributed by atoms with Gasteiger partial charge in [0, 0.05) is 32.7 Å². The molecule has 0 unspecified atom stereocenters. The van der Waals surface area contributed by atoms with Gasteiger partial charge in [0.15, 0.2) is 0 Å². The van der Waals surface area contributed by atoms with Gasteiger partial charge >= 0.3 is 18.4 Å². The van der Waals surface area contributed by atoms with Crippen molar-refractivity contribution in [1.82, 2.24) is 9.80 Å². The number of halogens is 3. The van der Waals surface area contributed by atoms with Crippen molar-refractivity contribution in [2.45, 2.75) is 39.3 Å². The van der Waals surface area contributed by atoms with Crippen molar-refractivity contribution in [1.29, 1.82) is 0 Å². The zero-order valence-electron chi connectivity index (χ0n) is 16.4. The summed E-state index contributed by atoms with van der Waals surface area (Å²) in [6.45, 7) is 6.97. The molecule has 11 heteroatoms. The highest BCUT2D eigenvalue weighted by molar-refractivity contribution is 5.95. The molecule has 2 rings (SSSR count). The van der Waals surface area contributed by atoms with E-state index in [0.29, 0.717) is 26.2 Å². The third kappa shape index (κ3) is 6.70. The number of nitrogens with zero attached hydrogens (tertiary/aromatic N) is 2.